The molecule has 34 heavy (non-hydrogen) atoms. The van der Waals surface area contributed by atoms with Crippen molar-refractivity contribution in [2.75, 3.05) is 25.7 Å². The highest BCUT2D eigenvalue weighted by Gasteiger charge is 2.56. The molecule has 10 nitrogen and oxygen atoms in total. The van der Waals surface area contributed by atoms with Crippen LogP contribution in [0.3, 0.4) is 0 Å². The van der Waals surface area contributed by atoms with E-state index in [0.29, 0.717) is 17.7 Å². The van der Waals surface area contributed by atoms with Gasteiger partial charge in [0.05, 0.1) is 17.6 Å². The number of nitrogens with zero attached hydrogens (tertiary/aromatic N) is 2. The lowest BCUT2D eigenvalue weighted by atomic mass is 9.83. The predicted octanol–water partition coefficient (Wildman–Crippen LogP) is 2.76. The Bertz CT molecular complexity index is 1090. The Labute approximate surface area is 197 Å². The van der Waals surface area contributed by atoms with E-state index in [-0.39, 0.29) is 12.3 Å². The van der Waals surface area contributed by atoms with Gasteiger partial charge in [-0.05, 0) is 31.5 Å². The van der Waals surface area contributed by atoms with E-state index in [1.807, 2.05) is 24.3 Å². The molecule has 2 heterocycles. The number of carbonyl (C=O) groups is 1. The molecule has 0 spiro atoms. The number of hydrogen-bond donors (Lipinski definition) is 1. The lowest BCUT2D eigenvalue weighted by Crippen LogP contribution is -2.63. The third-order valence-electron chi connectivity index (χ3n) is 6.51. The van der Waals surface area contributed by atoms with Crippen LogP contribution in [-0.4, -0.2) is 60.9 Å². The molecule has 0 unspecified atom stereocenters. The molecule has 182 valence electrons. The zero-order valence-corrected chi connectivity index (χ0v) is 19.5. The first-order valence-electron chi connectivity index (χ1n) is 11.0. The van der Waals surface area contributed by atoms with Gasteiger partial charge < -0.3 is 29.0 Å². The van der Waals surface area contributed by atoms with Crippen molar-refractivity contribution < 1.29 is 33.8 Å². The summed E-state index contributed by atoms with van der Waals surface area (Å²) in [5.41, 5.74) is 0.476. The average molecular weight is 472 g/mol. The van der Waals surface area contributed by atoms with E-state index in [1.165, 1.54) is 32.4 Å². The van der Waals surface area contributed by atoms with Crippen molar-refractivity contribution in [1.29, 1.82) is 0 Å². The standard InChI is InChI=1S/C24H28N2O8/c1-5-33-22(28)18-12-14-8-6-7-9-17(14)25(18)20-16-13-15(26(29)30)10-11-19(16)34-24(2,21(20)27)23(31-3)32-4/h6-11,13,18,20-21,23,27H,5,12H2,1-4H3/t18-,20+,21-,24+/m0/s1. The minimum absolute atomic E-state index is 0.154. The summed E-state index contributed by atoms with van der Waals surface area (Å²) in [6.45, 7) is 3.57. The van der Waals surface area contributed by atoms with Gasteiger partial charge in [0.25, 0.3) is 5.69 Å². The maximum atomic E-state index is 13.0. The molecule has 0 aromatic heterocycles. The Morgan fingerprint density at radius 3 is 2.65 bits per heavy atom. The molecule has 4 atom stereocenters. The van der Waals surface area contributed by atoms with Crippen LogP contribution in [0.1, 0.15) is 31.0 Å². The number of ether oxygens (including phenoxy) is 4. The minimum atomic E-state index is -1.39. The largest absolute Gasteiger partial charge is 0.479 e. The summed E-state index contributed by atoms with van der Waals surface area (Å²) in [6, 6.07) is 10.1. The summed E-state index contributed by atoms with van der Waals surface area (Å²) >= 11 is 0. The van der Waals surface area contributed by atoms with Gasteiger partial charge in [-0.15, -0.1) is 0 Å². The van der Waals surface area contributed by atoms with Crippen LogP contribution in [-0.2, 0) is 25.4 Å². The molecule has 2 aliphatic heterocycles. The third kappa shape index (κ3) is 3.77. The number of methoxy groups -OCH3 is 2. The molecule has 4 rings (SSSR count). The van der Waals surface area contributed by atoms with Gasteiger partial charge in [0.1, 0.15) is 17.9 Å². The summed E-state index contributed by atoms with van der Waals surface area (Å²) in [5.74, 6) is -0.115. The lowest BCUT2D eigenvalue weighted by molar-refractivity contribution is -0.385. The van der Waals surface area contributed by atoms with Crippen LogP contribution < -0.4 is 9.64 Å². The quantitative estimate of drug-likeness (QED) is 0.281. The van der Waals surface area contributed by atoms with E-state index in [4.69, 9.17) is 18.9 Å². The molecular weight excluding hydrogens is 444 g/mol. The number of hydrogen-bond acceptors (Lipinski definition) is 9. The minimum Gasteiger partial charge on any atom is -0.479 e. The lowest BCUT2D eigenvalue weighted by Gasteiger charge is -2.50. The molecule has 0 radical (unpaired) electrons. The van der Waals surface area contributed by atoms with Crippen LogP contribution in [0.2, 0.25) is 0 Å². The van der Waals surface area contributed by atoms with E-state index in [9.17, 15) is 20.0 Å². The van der Waals surface area contributed by atoms with Gasteiger partial charge in [-0.25, -0.2) is 4.79 Å². The fourth-order valence-electron chi connectivity index (χ4n) is 5.00. The van der Waals surface area contributed by atoms with Gasteiger partial charge in [0, 0.05) is 44.0 Å². The highest BCUT2D eigenvalue weighted by molar-refractivity contribution is 5.84. The summed E-state index contributed by atoms with van der Waals surface area (Å²) in [6.07, 6.45) is -1.89. The number of benzene rings is 2. The van der Waals surface area contributed by atoms with Crippen molar-refractivity contribution in [1.82, 2.24) is 0 Å². The molecule has 10 heteroatoms. The molecule has 0 fully saturated rings. The van der Waals surface area contributed by atoms with Crippen molar-refractivity contribution in [3.63, 3.8) is 0 Å². The van der Waals surface area contributed by atoms with E-state index >= 15 is 0 Å². The van der Waals surface area contributed by atoms with Gasteiger partial charge in [0.2, 0.25) is 0 Å². The zero-order chi connectivity index (χ0) is 24.6. The number of nitro benzene ring substituents is 1. The summed E-state index contributed by atoms with van der Waals surface area (Å²) in [7, 11) is 2.87. The van der Waals surface area contributed by atoms with Crippen LogP contribution >= 0.6 is 0 Å². The van der Waals surface area contributed by atoms with E-state index in [2.05, 4.69) is 0 Å². The zero-order valence-electron chi connectivity index (χ0n) is 19.5. The first-order valence-corrected chi connectivity index (χ1v) is 11.0. The summed E-state index contributed by atoms with van der Waals surface area (Å²) < 4.78 is 22.4. The predicted molar refractivity (Wildman–Crippen MR) is 122 cm³/mol. The van der Waals surface area contributed by atoms with Crippen LogP contribution in [0.15, 0.2) is 42.5 Å². The number of rotatable bonds is 7. The van der Waals surface area contributed by atoms with E-state index in [1.54, 1.807) is 18.7 Å². The first-order chi connectivity index (χ1) is 16.3. The smallest absolute Gasteiger partial charge is 0.329 e. The van der Waals surface area contributed by atoms with Crippen LogP contribution in [0.5, 0.6) is 5.75 Å². The van der Waals surface area contributed by atoms with E-state index in [0.717, 1.165) is 11.3 Å². The van der Waals surface area contributed by atoms with Crippen molar-refractivity contribution >= 4 is 17.3 Å². The highest BCUT2D eigenvalue weighted by Crippen LogP contribution is 2.50. The SMILES string of the molecule is CCOC(=O)[C@@H]1Cc2ccccc2N1[C@@H]1c2cc([N+](=O)[O-])ccc2O[C@@](C)(C(OC)OC)[C@H]1O. The fourth-order valence-corrected chi connectivity index (χ4v) is 5.00. The van der Waals surface area contributed by atoms with Crippen molar-refractivity contribution in [3.05, 3.63) is 63.7 Å². The normalized spacial score (nSPS) is 25.5. The number of anilines is 1. The van der Waals surface area contributed by atoms with Crippen molar-refractivity contribution in [3.8, 4) is 5.75 Å². The molecule has 0 saturated carbocycles. The number of aliphatic hydroxyl groups excluding tert-OH is 1. The van der Waals surface area contributed by atoms with Crippen LogP contribution in [0.25, 0.3) is 0 Å². The molecule has 0 amide bonds. The first kappa shape index (κ1) is 23.9. The Kier molecular flexibility index (Phi) is 6.48. The Morgan fingerprint density at radius 1 is 1.29 bits per heavy atom. The molecule has 0 aliphatic carbocycles. The maximum Gasteiger partial charge on any atom is 0.329 e. The molecule has 0 bridgehead atoms. The molecule has 2 aromatic carbocycles. The molecular formula is C24H28N2O8. The van der Waals surface area contributed by atoms with Crippen molar-refractivity contribution in [2.24, 2.45) is 0 Å². The third-order valence-corrected chi connectivity index (χ3v) is 6.51. The Morgan fingerprint density at radius 2 is 2.00 bits per heavy atom. The number of non-ortho nitro benzene ring substituents is 1. The fraction of sp³-hybridized carbons (Fsp3) is 0.458. The van der Waals surface area contributed by atoms with Crippen LogP contribution in [0.4, 0.5) is 11.4 Å². The second-order valence-electron chi connectivity index (χ2n) is 8.47. The van der Waals surface area contributed by atoms with E-state index < -0.39 is 41.0 Å². The van der Waals surface area contributed by atoms with Gasteiger partial charge in [-0.3, -0.25) is 10.1 Å². The van der Waals surface area contributed by atoms with Crippen molar-refractivity contribution in [2.45, 2.75) is 50.3 Å². The second kappa shape index (κ2) is 9.21. The van der Waals surface area contributed by atoms with Gasteiger partial charge in [-0.2, -0.15) is 0 Å². The second-order valence-corrected chi connectivity index (χ2v) is 8.47. The summed E-state index contributed by atoms with van der Waals surface area (Å²) in [4.78, 5) is 25.9. The number of esters is 1. The molecule has 0 saturated heterocycles. The van der Waals surface area contributed by atoms with Gasteiger partial charge in [-0.1, -0.05) is 18.2 Å². The number of carbonyl (C=O) groups excluding carboxylic acids is 1. The van der Waals surface area contributed by atoms with Gasteiger partial charge >= 0.3 is 5.97 Å². The molecule has 2 aromatic rings. The maximum absolute atomic E-state index is 13.0. The molecule has 1 N–H and O–H groups in total. The number of aliphatic hydroxyl groups is 1. The highest BCUT2D eigenvalue weighted by atomic mass is 16.7. The summed E-state index contributed by atoms with van der Waals surface area (Å²) in [5, 5.41) is 23.3. The number of para-hydroxylation sites is 1. The number of fused-ring (bicyclic) bond motifs is 2. The Hall–Kier alpha value is -3.21. The number of nitro groups is 1. The van der Waals surface area contributed by atoms with Gasteiger partial charge in [0.15, 0.2) is 11.9 Å². The Balaban J connectivity index is 1.93. The monoisotopic (exact) mass is 472 g/mol. The average Bonchev–Trinajstić information content (AvgIpc) is 3.20. The topological polar surface area (TPSA) is 121 Å². The molecule has 2 aliphatic rings. The van der Waals surface area contributed by atoms with Crippen LogP contribution in [0, 0.1) is 10.1 Å².